The Hall–Kier alpha value is -2.68. The van der Waals surface area contributed by atoms with Crippen molar-refractivity contribution in [1.29, 1.82) is 0 Å². The van der Waals surface area contributed by atoms with Gasteiger partial charge in [0.05, 0.1) is 26.3 Å². The Morgan fingerprint density at radius 3 is 2.52 bits per heavy atom. The van der Waals surface area contributed by atoms with Crippen LogP contribution in [0.25, 0.3) is 0 Å². The van der Waals surface area contributed by atoms with E-state index in [0.717, 1.165) is 35.7 Å². The second-order valence-electron chi connectivity index (χ2n) is 7.00. The van der Waals surface area contributed by atoms with Crippen molar-refractivity contribution in [2.24, 2.45) is 5.92 Å². The van der Waals surface area contributed by atoms with Gasteiger partial charge in [0.15, 0.2) is 11.5 Å². The Labute approximate surface area is 174 Å². The third-order valence-electron chi connectivity index (χ3n) is 5.06. The first-order valence-electron chi connectivity index (χ1n) is 9.60. The number of amides is 2. The van der Waals surface area contributed by atoms with Crippen molar-refractivity contribution in [2.75, 3.05) is 14.2 Å². The average Bonchev–Trinajstić information content (AvgIpc) is 3.16. The van der Waals surface area contributed by atoms with Crippen molar-refractivity contribution in [3.8, 4) is 11.5 Å². The SMILES string of the molecule is COc1cccc(C(=O)NC2CCC(C(=O)NCc3nnc(C)s3)CC2)c1OC. The van der Waals surface area contributed by atoms with Crippen LogP contribution in [0, 0.1) is 12.8 Å². The van der Waals surface area contributed by atoms with E-state index in [9.17, 15) is 9.59 Å². The van der Waals surface area contributed by atoms with Gasteiger partial charge in [-0.25, -0.2) is 0 Å². The summed E-state index contributed by atoms with van der Waals surface area (Å²) in [6, 6.07) is 5.26. The fourth-order valence-corrected chi connectivity index (χ4v) is 4.19. The highest BCUT2D eigenvalue weighted by molar-refractivity contribution is 7.11. The summed E-state index contributed by atoms with van der Waals surface area (Å²) in [4.78, 5) is 25.1. The van der Waals surface area contributed by atoms with E-state index in [-0.39, 0.29) is 23.8 Å². The molecule has 1 heterocycles. The van der Waals surface area contributed by atoms with Crippen LogP contribution in [0.1, 0.15) is 46.1 Å². The standard InChI is InChI=1S/C20H26N4O4S/c1-12-23-24-17(29-12)11-21-19(25)13-7-9-14(10-8-13)22-20(26)15-5-4-6-16(27-2)18(15)28-3/h4-6,13-14H,7-11H2,1-3H3,(H,21,25)(H,22,26). The van der Waals surface area contributed by atoms with Crippen molar-refractivity contribution >= 4 is 23.2 Å². The van der Waals surface area contributed by atoms with Crippen molar-refractivity contribution in [1.82, 2.24) is 20.8 Å². The molecule has 9 heteroatoms. The number of nitrogens with one attached hydrogen (secondary N) is 2. The lowest BCUT2D eigenvalue weighted by atomic mass is 9.85. The predicted octanol–water partition coefficient (Wildman–Crippen LogP) is 2.47. The zero-order valence-electron chi connectivity index (χ0n) is 16.9. The Morgan fingerprint density at radius 1 is 1.14 bits per heavy atom. The van der Waals surface area contributed by atoms with Crippen LogP contribution in [-0.2, 0) is 11.3 Å². The van der Waals surface area contributed by atoms with Crippen molar-refractivity contribution in [2.45, 2.75) is 45.2 Å². The summed E-state index contributed by atoms with van der Waals surface area (Å²) in [6.07, 6.45) is 2.99. The Balaban J connectivity index is 1.49. The Kier molecular flexibility index (Phi) is 7.03. The van der Waals surface area contributed by atoms with Gasteiger partial charge in [0.2, 0.25) is 5.91 Å². The second kappa shape index (κ2) is 9.69. The lowest BCUT2D eigenvalue weighted by Gasteiger charge is -2.28. The first-order valence-corrected chi connectivity index (χ1v) is 10.4. The number of aryl methyl sites for hydroxylation is 1. The number of ether oxygens (including phenoxy) is 2. The largest absolute Gasteiger partial charge is 0.493 e. The van der Waals surface area contributed by atoms with Crippen molar-refractivity contribution < 1.29 is 19.1 Å². The molecule has 0 saturated heterocycles. The molecule has 156 valence electrons. The van der Waals surface area contributed by atoms with Crippen LogP contribution in [0.3, 0.4) is 0 Å². The summed E-state index contributed by atoms with van der Waals surface area (Å²) in [5.74, 6) is 0.750. The number of benzene rings is 1. The average molecular weight is 419 g/mol. The zero-order chi connectivity index (χ0) is 20.8. The molecule has 0 bridgehead atoms. The molecule has 1 aliphatic carbocycles. The summed E-state index contributed by atoms with van der Waals surface area (Å²) in [5.41, 5.74) is 0.444. The van der Waals surface area contributed by atoms with Crippen LogP contribution < -0.4 is 20.1 Å². The molecule has 2 amide bonds. The highest BCUT2D eigenvalue weighted by Gasteiger charge is 2.28. The van der Waals surface area contributed by atoms with E-state index in [0.29, 0.717) is 23.6 Å². The summed E-state index contributed by atoms with van der Waals surface area (Å²) in [7, 11) is 3.06. The summed E-state index contributed by atoms with van der Waals surface area (Å²) < 4.78 is 10.6. The van der Waals surface area contributed by atoms with Crippen LogP contribution in [0.5, 0.6) is 11.5 Å². The number of carbonyl (C=O) groups excluding carboxylic acids is 2. The highest BCUT2D eigenvalue weighted by Crippen LogP contribution is 2.31. The molecular weight excluding hydrogens is 392 g/mol. The molecule has 1 aromatic carbocycles. The molecule has 3 rings (SSSR count). The number of nitrogens with zero attached hydrogens (tertiary/aromatic N) is 2. The normalized spacial score (nSPS) is 18.7. The first kappa shape index (κ1) is 21.0. The molecule has 0 unspecified atom stereocenters. The van der Waals surface area contributed by atoms with E-state index in [1.165, 1.54) is 25.6 Å². The van der Waals surface area contributed by atoms with Gasteiger partial charge in [0.1, 0.15) is 10.0 Å². The molecule has 1 fully saturated rings. The van der Waals surface area contributed by atoms with Crippen LogP contribution in [0.2, 0.25) is 0 Å². The number of para-hydroxylation sites is 1. The van der Waals surface area contributed by atoms with Gasteiger partial charge in [-0.3, -0.25) is 9.59 Å². The maximum Gasteiger partial charge on any atom is 0.255 e. The number of methoxy groups -OCH3 is 2. The molecule has 0 spiro atoms. The van der Waals surface area contributed by atoms with E-state index >= 15 is 0 Å². The smallest absolute Gasteiger partial charge is 0.255 e. The number of rotatable bonds is 7. The third kappa shape index (κ3) is 5.23. The summed E-state index contributed by atoms with van der Waals surface area (Å²) >= 11 is 1.48. The van der Waals surface area contributed by atoms with Crippen LogP contribution in [0.4, 0.5) is 0 Å². The molecule has 2 N–H and O–H groups in total. The molecule has 0 aliphatic heterocycles. The number of carbonyl (C=O) groups is 2. The summed E-state index contributed by atoms with van der Waals surface area (Å²) in [6.45, 7) is 2.30. The molecule has 1 saturated carbocycles. The molecule has 1 aromatic heterocycles. The molecular formula is C20H26N4O4S. The van der Waals surface area contributed by atoms with Gasteiger partial charge < -0.3 is 20.1 Å². The van der Waals surface area contributed by atoms with E-state index in [4.69, 9.17) is 9.47 Å². The van der Waals surface area contributed by atoms with Crippen LogP contribution in [0.15, 0.2) is 18.2 Å². The number of hydrogen-bond acceptors (Lipinski definition) is 7. The maximum absolute atomic E-state index is 12.7. The summed E-state index contributed by atoms with van der Waals surface area (Å²) in [5, 5.41) is 15.7. The lowest BCUT2D eigenvalue weighted by molar-refractivity contribution is -0.126. The molecule has 2 aromatic rings. The first-order chi connectivity index (χ1) is 14.0. The Bertz CT molecular complexity index is 862. The van der Waals surface area contributed by atoms with Crippen LogP contribution >= 0.6 is 11.3 Å². The zero-order valence-corrected chi connectivity index (χ0v) is 17.7. The van der Waals surface area contributed by atoms with E-state index in [1.807, 2.05) is 6.92 Å². The maximum atomic E-state index is 12.7. The van der Waals surface area contributed by atoms with Gasteiger partial charge in [0.25, 0.3) is 5.91 Å². The number of aromatic nitrogens is 2. The molecule has 1 aliphatic rings. The van der Waals surface area contributed by atoms with E-state index < -0.39 is 0 Å². The minimum atomic E-state index is -0.194. The quantitative estimate of drug-likeness (QED) is 0.716. The van der Waals surface area contributed by atoms with Gasteiger partial charge in [0, 0.05) is 12.0 Å². The fraction of sp³-hybridized carbons (Fsp3) is 0.500. The fourth-order valence-electron chi connectivity index (χ4n) is 3.55. The van der Waals surface area contributed by atoms with Gasteiger partial charge >= 0.3 is 0 Å². The Morgan fingerprint density at radius 2 is 1.90 bits per heavy atom. The van der Waals surface area contributed by atoms with Crippen LogP contribution in [-0.4, -0.2) is 42.3 Å². The topological polar surface area (TPSA) is 102 Å². The monoisotopic (exact) mass is 418 g/mol. The molecule has 0 atom stereocenters. The van der Waals surface area contributed by atoms with Gasteiger partial charge in [-0.15, -0.1) is 10.2 Å². The second-order valence-corrected chi connectivity index (χ2v) is 8.26. The number of hydrogen-bond donors (Lipinski definition) is 2. The minimum Gasteiger partial charge on any atom is -0.493 e. The minimum absolute atomic E-state index is 0.0354. The van der Waals surface area contributed by atoms with Gasteiger partial charge in [-0.05, 0) is 44.7 Å². The highest BCUT2D eigenvalue weighted by atomic mass is 32.1. The molecule has 8 nitrogen and oxygen atoms in total. The van der Waals surface area contributed by atoms with E-state index in [2.05, 4.69) is 20.8 Å². The van der Waals surface area contributed by atoms with E-state index in [1.54, 1.807) is 18.2 Å². The van der Waals surface area contributed by atoms with Gasteiger partial charge in [-0.2, -0.15) is 0 Å². The lowest BCUT2D eigenvalue weighted by Crippen LogP contribution is -2.40. The van der Waals surface area contributed by atoms with Crippen molar-refractivity contribution in [3.63, 3.8) is 0 Å². The van der Waals surface area contributed by atoms with Gasteiger partial charge in [-0.1, -0.05) is 17.4 Å². The van der Waals surface area contributed by atoms with Crippen molar-refractivity contribution in [3.05, 3.63) is 33.8 Å². The molecule has 0 radical (unpaired) electrons. The third-order valence-corrected chi connectivity index (χ3v) is 5.90. The molecule has 29 heavy (non-hydrogen) atoms. The predicted molar refractivity (Wildman–Crippen MR) is 109 cm³/mol.